The molecule has 4 heterocycles. The van der Waals surface area contributed by atoms with E-state index < -0.39 is 6.04 Å². The van der Waals surface area contributed by atoms with Gasteiger partial charge >= 0.3 is 0 Å². The van der Waals surface area contributed by atoms with Crippen molar-refractivity contribution in [3.63, 3.8) is 0 Å². The molecule has 2 atom stereocenters. The predicted molar refractivity (Wildman–Crippen MR) is 126 cm³/mol. The van der Waals surface area contributed by atoms with E-state index >= 15 is 0 Å². The molecule has 5 rings (SSSR count). The highest BCUT2D eigenvalue weighted by Crippen LogP contribution is 2.35. The molecule has 7 heteroatoms. The minimum absolute atomic E-state index is 0.0273. The number of hydrogen-bond acceptors (Lipinski definition) is 4. The second-order valence-corrected chi connectivity index (χ2v) is 9.61. The molecule has 2 unspecified atom stereocenters. The number of carbonyl (C=O) groups is 2. The number of piperidine rings is 2. The van der Waals surface area contributed by atoms with Crippen molar-refractivity contribution < 1.29 is 9.59 Å². The standard InChI is InChI=1S/C26H33N5O2/c1-4-30-15-22(14-27-30)18(3)29-11-9-19(10-12-29)20-6-7-23-21(13-20)16-31(26(23)33)24-8-5-17(2)28-25(24)32/h6-7,13-15,18-19,24H,2,4-5,8-12,16H2,1,3H3,(H,28,32). The Morgan fingerprint density at radius 2 is 2.00 bits per heavy atom. The monoisotopic (exact) mass is 447 g/mol. The first-order valence-corrected chi connectivity index (χ1v) is 12.1. The zero-order valence-corrected chi connectivity index (χ0v) is 19.6. The van der Waals surface area contributed by atoms with E-state index in [1.165, 1.54) is 11.1 Å². The quantitative estimate of drug-likeness (QED) is 0.761. The Hall–Kier alpha value is -2.93. The highest BCUT2D eigenvalue weighted by molar-refractivity contribution is 6.01. The molecule has 0 radical (unpaired) electrons. The normalized spacial score (nSPS) is 23.0. The molecule has 7 nitrogen and oxygen atoms in total. The molecule has 33 heavy (non-hydrogen) atoms. The van der Waals surface area contributed by atoms with Crippen LogP contribution < -0.4 is 5.32 Å². The summed E-state index contributed by atoms with van der Waals surface area (Å²) in [4.78, 5) is 29.7. The minimum atomic E-state index is -0.402. The largest absolute Gasteiger partial charge is 0.329 e. The van der Waals surface area contributed by atoms with Crippen molar-refractivity contribution in [3.05, 3.63) is 65.1 Å². The highest BCUT2D eigenvalue weighted by atomic mass is 16.2. The first-order valence-electron chi connectivity index (χ1n) is 12.1. The number of nitrogens with one attached hydrogen (secondary N) is 1. The molecule has 0 bridgehead atoms. The molecule has 0 spiro atoms. The number of carbonyl (C=O) groups excluding carboxylic acids is 2. The Kier molecular flexibility index (Phi) is 5.83. The van der Waals surface area contributed by atoms with Gasteiger partial charge in [-0.3, -0.25) is 19.2 Å². The zero-order valence-electron chi connectivity index (χ0n) is 19.6. The molecule has 1 aromatic carbocycles. The lowest BCUT2D eigenvalue weighted by Crippen LogP contribution is -2.49. The van der Waals surface area contributed by atoms with Crippen molar-refractivity contribution in [2.24, 2.45) is 0 Å². The summed E-state index contributed by atoms with van der Waals surface area (Å²) in [5.74, 6) is 0.363. The number of likely N-dealkylation sites (tertiary alicyclic amines) is 1. The van der Waals surface area contributed by atoms with Crippen LogP contribution >= 0.6 is 0 Å². The van der Waals surface area contributed by atoms with Gasteiger partial charge in [-0.2, -0.15) is 5.10 Å². The van der Waals surface area contributed by atoms with Crippen molar-refractivity contribution in [1.82, 2.24) is 24.9 Å². The summed E-state index contributed by atoms with van der Waals surface area (Å²) in [6.45, 7) is 11.7. The summed E-state index contributed by atoms with van der Waals surface area (Å²) in [5.41, 5.74) is 5.13. The molecule has 1 aromatic heterocycles. The van der Waals surface area contributed by atoms with E-state index in [9.17, 15) is 9.59 Å². The number of hydrogen-bond donors (Lipinski definition) is 1. The number of nitrogens with zero attached hydrogens (tertiary/aromatic N) is 4. The molecule has 0 saturated carbocycles. The van der Waals surface area contributed by atoms with E-state index in [2.05, 4.69) is 54.1 Å². The predicted octanol–water partition coefficient (Wildman–Crippen LogP) is 3.59. The second-order valence-electron chi connectivity index (χ2n) is 9.61. The summed E-state index contributed by atoms with van der Waals surface area (Å²) in [5, 5.41) is 7.24. The van der Waals surface area contributed by atoms with E-state index in [0.29, 0.717) is 24.9 Å². The van der Waals surface area contributed by atoms with Gasteiger partial charge in [-0.15, -0.1) is 0 Å². The van der Waals surface area contributed by atoms with E-state index in [0.717, 1.165) is 55.7 Å². The van der Waals surface area contributed by atoms with Gasteiger partial charge in [-0.1, -0.05) is 18.7 Å². The number of fused-ring (bicyclic) bond motifs is 1. The van der Waals surface area contributed by atoms with Crippen LogP contribution in [-0.4, -0.2) is 50.5 Å². The van der Waals surface area contributed by atoms with Crippen LogP contribution in [0.15, 0.2) is 42.9 Å². The van der Waals surface area contributed by atoms with Crippen molar-refractivity contribution in [3.8, 4) is 0 Å². The highest BCUT2D eigenvalue weighted by Gasteiger charge is 2.38. The molecule has 2 aromatic rings. The third-order valence-corrected chi connectivity index (χ3v) is 7.67. The molecule has 2 amide bonds. The van der Waals surface area contributed by atoms with E-state index in [-0.39, 0.29) is 11.8 Å². The Bertz CT molecular complexity index is 1080. The van der Waals surface area contributed by atoms with Crippen molar-refractivity contribution in [1.29, 1.82) is 0 Å². The number of aromatic nitrogens is 2. The smallest absolute Gasteiger partial charge is 0.255 e. The molecule has 2 fully saturated rings. The first-order chi connectivity index (χ1) is 15.9. The molecule has 174 valence electrons. The maximum absolute atomic E-state index is 13.0. The van der Waals surface area contributed by atoms with Crippen LogP contribution in [0.2, 0.25) is 0 Å². The Labute approximate surface area is 195 Å². The van der Waals surface area contributed by atoms with Crippen molar-refractivity contribution in [2.75, 3.05) is 13.1 Å². The van der Waals surface area contributed by atoms with Crippen LogP contribution in [0.3, 0.4) is 0 Å². The Morgan fingerprint density at radius 3 is 2.70 bits per heavy atom. The lowest BCUT2D eigenvalue weighted by molar-refractivity contribution is -0.126. The Balaban J connectivity index is 1.24. The molecule has 0 aliphatic carbocycles. The van der Waals surface area contributed by atoms with Gasteiger partial charge in [0.1, 0.15) is 6.04 Å². The SMILES string of the molecule is C=C1CCC(N2Cc3cc(C4CCN(C(C)c5cnn(CC)c5)CC4)ccc3C2=O)C(=O)N1. The first kappa shape index (κ1) is 21.9. The fourth-order valence-corrected chi connectivity index (χ4v) is 5.53. The summed E-state index contributed by atoms with van der Waals surface area (Å²) in [6, 6.07) is 6.27. The van der Waals surface area contributed by atoms with Crippen LogP contribution in [0, 0.1) is 0 Å². The third kappa shape index (κ3) is 4.10. The number of amides is 2. The number of rotatable bonds is 5. The molecule has 2 saturated heterocycles. The summed E-state index contributed by atoms with van der Waals surface area (Å²) in [7, 11) is 0. The van der Waals surface area contributed by atoms with E-state index in [4.69, 9.17) is 0 Å². The van der Waals surface area contributed by atoms with Gasteiger partial charge in [0.2, 0.25) is 5.91 Å². The van der Waals surface area contributed by atoms with Gasteiger partial charge < -0.3 is 10.2 Å². The van der Waals surface area contributed by atoms with Crippen LogP contribution in [0.25, 0.3) is 0 Å². The van der Waals surface area contributed by atoms with Crippen LogP contribution in [-0.2, 0) is 17.9 Å². The van der Waals surface area contributed by atoms with Gasteiger partial charge in [0.05, 0.1) is 6.20 Å². The topological polar surface area (TPSA) is 70.5 Å². The van der Waals surface area contributed by atoms with Gasteiger partial charge in [0.25, 0.3) is 5.91 Å². The van der Waals surface area contributed by atoms with E-state index in [1.54, 1.807) is 4.90 Å². The van der Waals surface area contributed by atoms with Crippen LogP contribution in [0.4, 0.5) is 0 Å². The maximum Gasteiger partial charge on any atom is 0.255 e. The fraction of sp³-hybridized carbons (Fsp3) is 0.500. The molecule has 1 N–H and O–H groups in total. The molecule has 3 aliphatic rings. The second kappa shape index (κ2) is 8.78. The number of aryl methyl sites for hydroxylation is 1. The lowest BCUT2D eigenvalue weighted by atomic mass is 9.87. The average molecular weight is 448 g/mol. The van der Waals surface area contributed by atoms with Gasteiger partial charge in [0, 0.05) is 42.2 Å². The van der Waals surface area contributed by atoms with Gasteiger partial charge in [-0.25, -0.2) is 0 Å². The van der Waals surface area contributed by atoms with Gasteiger partial charge in [-0.05, 0) is 75.7 Å². The van der Waals surface area contributed by atoms with Crippen LogP contribution in [0.1, 0.15) is 78.5 Å². The third-order valence-electron chi connectivity index (χ3n) is 7.67. The van der Waals surface area contributed by atoms with Crippen molar-refractivity contribution in [2.45, 2.75) is 70.6 Å². The van der Waals surface area contributed by atoms with Gasteiger partial charge in [0.15, 0.2) is 0 Å². The molecule has 3 aliphatic heterocycles. The maximum atomic E-state index is 13.0. The number of benzene rings is 1. The van der Waals surface area contributed by atoms with Crippen molar-refractivity contribution >= 4 is 11.8 Å². The van der Waals surface area contributed by atoms with E-state index in [1.807, 2.05) is 16.9 Å². The summed E-state index contributed by atoms with van der Waals surface area (Å²) >= 11 is 0. The molecular weight excluding hydrogens is 414 g/mol. The summed E-state index contributed by atoms with van der Waals surface area (Å²) < 4.78 is 1.99. The number of allylic oxidation sites excluding steroid dienone is 1. The lowest BCUT2D eigenvalue weighted by Gasteiger charge is -2.36. The summed E-state index contributed by atoms with van der Waals surface area (Å²) in [6.07, 6.45) is 7.73. The zero-order chi connectivity index (χ0) is 23.1. The Morgan fingerprint density at radius 1 is 1.21 bits per heavy atom. The average Bonchev–Trinajstić information content (AvgIpc) is 3.43. The molecular formula is C26H33N5O2. The van der Waals surface area contributed by atoms with Crippen LogP contribution in [0.5, 0.6) is 0 Å². The minimum Gasteiger partial charge on any atom is -0.329 e. The fourth-order valence-electron chi connectivity index (χ4n) is 5.53.